The zero-order valence-electron chi connectivity index (χ0n) is 8.79. The van der Waals surface area contributed by atoms with Crippen LogP contribution in [0.1, 0.15) is 32.1 Å². The van der Waals surface area contributed by atoms with Crippen LogP contribution in [0.25, 0.3) is 0 Å². The molecule has 0 aromatic carbocycles. The van der Waals surface area contributed by atoms with E-state index in [1.54, 1.807) is 0 Å². The standard InChI is InChI=1S/C11H21FN2/c12-10-3-5-14(6-4-10)8-9-1-2-11(13)7-9/h9-11H,1-8,13H2. The summed E-state index contributed by atoms with van der Waals surface area (Å²) in [7, 11) is 0. The highest BCUT2D eigenvalue weighted by Gasteiger charge is 2.25. The topological polar surface area (TPSA) is 29.3 Å². The monoisotopic (exact) mass is 200 g/mol. The molecule has 2 N–H and O–H groups in total. The average Bonchev–Trinajstić information content (AvgIpc) is 2.56. The van der Waals surface area contributed by atoms with Crippen LogP contribution in [0.15, 0.2) is 0 Å². The summed E-state index contributed by atoms with van der Waals surface area (Å²) >= 11 is 0. The summed E-state index contributed by atoms with van der Waals surface area (Å²) in [6, 6.07) is 0.429. The van der Waals surface area contributed by atoms with E-state index in [2.05, 4.69) is 4.90 Å². The third kappa shape index (κ3) is 2.67. The summed E-state index contributed by atoms with van der Waals surface area (Å²) in [5, 5.41) is 0. The van der Waals surface area contributed by atoms with Crippen molar-refractivity contribution in [3.05, 3.63) is 0 Å². The highest BCUT2D eigenvalue weighted by Crippen LogP contribution is 2.26. The van der Waals surface area contributed by atoms with Gasteiger partial charge in [0.15, 0.2) is 0 Å². The molecule has 0 aromatic heterocycles. The van der Waals surface area contributed by atoms with Crippen LogP contribution in [0.3, 0.4) is 0 Å². The first kappa shape index (κ1) is 10.4. The first-order valence-corrected chi connectivity index (χ1v) is 5.86. The van der Waals surface area contributed by atoms with Crippen molar-refractivity contribution in [2.45, 2.75) is 44.3 Å². The summed E-state index contributed by atoms with van der Waals surface area (Å²) in [6.07, 6.45) is 4.56. The van der Waals surface area contributed by atoms with Crippen LogP contribution < -0.4 is 5.73 Å². The van der Waals surface area contributed by atoms with Gasteiger partial charge in [-0.2, -0.15) is 0 Å². The van der Waals surface area contributed by atoms with E-state index in [0.29, 0.717) is 6.04 Å². The van der Waals surface area contributed by atoms with Gasteiger partial charge < -0.3 is 10.6 Å². The van der Waals surface area contributed by atoms with Gasteiger partial charge in [0.1, 0.15) is 6.17 Å². The van der Waals surface area contributed by atoms with Crippen LogP contribution in [0, 0.1) is 5.92 Å². The average molecular weight is 200 g/mol. The van der Waals surface area contributed by atoms with Gasteiger partial charge in [-0.25, -0.2) is 4.39 Å². The molecule has 2 atom stereocenters. The molecule has 2 nitrogen and oxygen atoms in total. The zero-order chi connectivity index (χ0) is 9.97. The van der Waals surface area contributed by atoms with Crippen LogP contribution in [0.4, 0.5) is 4.39 Å². The van der Waals surface area contributed by atoms with Crippen LogP contribution in [-0.4, -0.2) is 36.7 Å². The second-order valence-electron chi connectivity index (χ2n) is 4.91. The summed E-state index contributed by atoms with van der Waals surface area (Å²) in [5.41, 5.74) is 5.87. The minimum atomic E-state index is -0.544. The van der Waals surface area contributed by atoms with Gasteiger partial charge in [0.05, 0.1) is 0 Å². The fourth-order valence-electron chi connectivity index (χ4n) is 2.73. The minimum absolute atomic E-state index is 0.429. The summed E-state index contributed by atoms with van der Waals surface area (Å²) < 4.78 is 12.9. The van der Waals surface area contributed by atoms with Crippen LogP contribution in [-0.2, 0) is 0 Å². The van der Waals surface area contributed by atoms with E-state index in [9.17, 15) is 4.39 Å². The van der Waals surface area contributed by atoms with E-state index >= 15 is 0 Å². The lowest BCUT2D eigenvalue weighted by atomic mass is 10.0. The Bertz CT molecular complexity index is 178. The third-order valence-electron chi connectivity index (χ3n) is 3.62. The van der Waals surface area contributed by atoms with Crippen molar-refractivity contribution in [2.75, 3.05) is 19.6 Å². The van der Waals surface area contributed by atoms with Crippen LogP contribution in [0.2, 0.25) is 0 Å². The Morgan fingerprint density at radius 1 is 1.14 bits per heavy atom. The smallest absolute Gasteiger partial charge is 0.103 e. The molecule has 1 aliphatic carbocycles. The van der Waals surface area contributed by atoms with E-state index in [-0.39, 0.29) is 0 Å². The molecule has 0 spiro atoms. The first-order valence-electron chi connectivity index (χ1n) is 5.86. The maximum Gasteiger partial charge on any atom is 0.103 e. The number of nitrogens with zero attached hydrogens (tertiary/aromatic N) is 1. The Kier molecular flexibility index (Phi) is 3.39. The normalized spacial score (nSPS) is 36.4. The maximum atomic E-state index is 12.9. The van der Waals surface area contributed by atoms with E-state index < -0.39 is 6.17 Å². The lowest BCUT2D eigenvalue weighted by Crippen LogP contribution is -2.37. The van der Waals surface area contributed by atoms with Gasteiger partial charge in [-0.1, -0.05) is 0 Å². The van der Waals surface area contributed by atoms with Gasteiger partial charge in [0, 0.05) is 25.7 Å². The quantitative estimate of drug-likeness (QED) is 0.732. The van der Waals surface area contributed by atoms with E-state index in [1.165, 1.54) is 19.3 Å². The van der Waals surface area contributed by atoms with Crippen molar-refractivity contribution in [3.63, 3.8) is 0 Å². The fourth-order valence-corrected chi connectivity index (χ4v) is 2.73. The Hall–Kier alpha value is -0.150. The number of hydrogen-bond donors (Lipinski definition) is 1. The van der Waals surface area contributed by atoms with Crippen LogP contribution in [0.5, 0.6) is 0 Å². The van der Waals surface area contributed by atoms with Gasteiger partial charge in [0.25, 0.3) is 0 Å². The Morgan fingerprint density at radius 3 is 2.43 bits per heavy atom. The molecule has 1 aliphatic heterocycles. The van der Waals surface area contributed by atoms with Crippen molar-refractivity contribution >= 4 is 0 Å². The molecule has 0 amide bonds. The highest BCUT2D eigenvalue weighted by atomic mass is 19.1. The first-order chi connectivity index (χ1) is 6.74. The van der Waals surface area contributed by atoms with E-state index in [0.717, 1.165) is 38.4 Å². The minimum Gasteiger partial charge on any atom is -0.328 e. The summed E-state index contributed by atoms with van der Waals surface area (Å²) in [6.45, 7) is 3.06. The van der Waals surface area contributed by atoms with Crippen molar-refractivity contribution in [1.29, 1.82) is 0 Å². The predicted octanol–water partition coefficient (Wildman–Crippen LogP) is 1.55. The molecule has 2 rings (SSSR count). The Labute approximate surface area is 85.6 Å². The summed E-state index contributed by atoms with van der Waals surface area (Å²) in [4.78, 5) is 2.42. The number of halogens is 1. The molecule has 3 heteroatoms. The Morgan fingerprint density at radius 2 is 1.86 bits per heavy atom. The van der Waals surface area contributed by atoms with Crippen molar-refractivity contribution < 1.29 is 4.39 Å². The number of nitrogens with two attached hydrogens (primary N) is 1. The maximum absolute atomic E-state index is 12.9. The molecule has 0 bridgehead atoms. The third-order valence-corrected chi connectivity index (χ3v) is 3.62. The number of alkyl halides is 1. The van der Waals surface area contributed by atoms with Gasteiger partial charge in [-0.15, -0.1) is 0 Å². The largest absolute Gasteiger partial charge is 0.328 e. The number of rotatable bonds is 2. The van der Waals surface area contributed by atoms with Gasteiger partial charge >= 0.3 is 0 Å². The predicted molar refractivity (Wildman–Crippen MR) is 55.9 cm³/mol. The Balaban J connectivity index is 1.70. The van der Waals surface area contributed by atoms with Crippen molar-refractivity contribution in [2.24, 2.45) is 11.7 Å². The molecule has 0 radical (unpaired) electrons. The molecule has 1 heterocycles. The molecule has 14 heavy (non-hydrogen) atoms. The van der Waals surface area contributed by atoms with Gasteiger partial charge in [0.2, 0.25) is 0 Å². The molecule has 0 aromatic rings. The highest BCUT2D eigenvalue weighted by molar-refractivity contribution is 4.81. The molecular weight excluding hydrogens is 179 g/mol. The molecule has 82 valence electrons. The SMILES string of the molecule is NC1CCC(CN2CCC(F)CC2)C1. The van der Waals surface area contributed by atoms with E-state index in [1.807, 2.05) is 0 Å². The fraction of sp³-hybridized carbons (Fsp3) is 1.00. The second kappa shape index (κ2) is 4.58. The number of piperidine rings is 1. The summed E-state index contributed by atoms with van der Waals surface area (Å²) in [5.74, 6) is 0.779. The molecule has 2 aliphatic rings. The molecule has 1 saturated carbocycles. The van der Waals surface area contributed by atoms with Gasteiger partial charge in [-0.3, -0.25) is 0 Å². The van der Waals surface area contributed by atoms with Crippen molar-refractivity contribution in [3.8, 4) is 0 Å². The number of likely N-dealkylation sites (tertiary alicyclic amines) is 1. The van der Waals surface area contributed by atoms with Gasteiger partial charge in [-0.05, 0) is 38.0 Å². The zero-order valence-corrected chi connectivity index (χ0v) is 8.79. The second-order valence-corrected chi connectivity index (χ2v) is 4.91. The number of hydrogen-bond acceptors (Lipinski definition) is 2. The molecule has 1 saturated heterocycles. The molecular formula is C11H21FN2. The van der Waals surface area contributed by atoms with Crippen molar-refractivity contribution in [1.82, 2.24) is 4.90 Å². The lowest BCUT2D eigenvalue weighted by molar-refractivity contribution is 0.134. The van der Waals surface area contributed by atoms with E-state index in [4.69, 9.17) is 5.73 Å². The lowest BCUT2D eigenvalue weighted by Gasteiger charge is -2.30. The molecule has 2 unspecified atom stereocenters. The molecule has 2 fully saturated rings. The van der Waals surface area contributed by atoms with Crippen LogP contribution >= 0.6 is 0 Å².